The van der Waals surface area contributed by atoms with Crippen molar-refractivity contribution >= 4 is 0 Å². The minimum absolute atomic E-state index is 0.0106. The Morgan fingerprint density at radius 2 is 2.08 bits per heavy atom. The summed E-state index contributed by atoms with van der Waals surface area (Å²) in [6.07, 6.45) is -2.32. The Hall–Kier alpha value is -0.200. The first kappa shape index (κ1) is 9.88. The van der Waals surface area contributed by atoms with Crippen LogP contribution in [0.1, 0.15) is 6.92 Å². The van der Waals surface area contributed by atoms with Crippen LogP contribution < -0.4 is 5.32 Å². The van der Waals surface area contributed by atoms with E-state index in [1.807, 2.05) is 0 Å². The lowest BCUT2D eigenvalue weighted by atomic mass is 9.90. The van der Waals surface area contributed by atoms with E-state index in [4.69, 9.17) is 9.84 Å². The lowest BCUT2D eigenvalue weighted by Crippen LogP contribution is -2.64. The normalized spacial score (nSPS) is 49.2. The van der Waals surface area contributed by atoms with Crippen molar-refractivity contribution in [3.8, 4) is 0 Å². The molecule has 0 radical (unpaired) electrons. The standard InChI is InChI=1S/C7H15NO4/c1-7(11)3-12-6(10)4(9)5(7)8-2/h4-6,8-11H,3H2,1-2H3/t4-,5-,6+,7+/m1/s1. The van der Waals surface area contributed by atoms with E-state index in [0.717, 1.165) is 0 Å². The first-order valence-corrected chi connectivity index (χ1v) is 3.86. The molecule has 5 heteroatoms. The van der Waals surface area contributed by atoms with Crippen LogP contribution in [0, 0.1) is 0 Å². The van der Waals surface area contributed by atoms with Gasteiger partial charge < -0.3 is 25.4 Å². The fourth-order valence-electron chi connectivity index (χ4n) is 1.46. The van der Waals surface area contributed by atoms with Gasteiger partial charge in [-0.25, -0.2) is 0 Å². The van der Waals surface area contributed by atoms with E-state index in [0.29, 0.717) is 0 Å². The van der Waals surface area contributed by atoms with Crippen molar-refractivity contribution in [2.75, 3.05) is 13.7 Å². The molecule has 1 aliphatic heterocycles. The average molecular weight is 177 g/mol. The van der Waals surface area contributed by atoms with Crippen molar-refractivity contribution in [2.45, 2.75) is 31.0 Å². The largest absolute Gasteiger partial charge is 0.386 e. The molecule has 5 nitrogen and oxygen atoms in total. The Labute approximate surface area is 71.0 Å². The molecule has 0 aromatic rings. The number of aliphatic hydroxyl groups is 3. The van der Waals surface area contributed by atoms with Crippen LogP contribution in [0.2, 0.25) is 0 Å². The fourth-order valence-corrected chi connectivity index (χ4v) is 1.46. The van der Waals surface area contributed by atoms with Crippen LogP contribution in [0.4, 0.5) is 0 Å². The summed E-state index contributed by atoms with van der Waals surface area (Å²) in [5.74, 6) is 0. The number of hydrogen-bond acceptors (Lipinski definition) is 5. The molecule has 1 aliphatic rings. The Bertz CT molecular complexity index is 161. The highest BCUT2D eigenvalue weighted by Gasteiger charge is 2.44. The molecule has 1 saturated heterocycles. The molecule has 1 rings (SSSR count). The second-order valence-corrected chi connectivity index (χ2v) is 3.32. The lowest BCUT2D eigenvalue weighted by Gasteiger charge is -2.42. The van der Waals surface area contributed by atoms with E-state index in [2.05, 4.69) is 5.32 Å². The Balaban J connectivity index is 2.72. The third-order valence-corrected chi connectivity index (χ3v) is 2.16. The van der Waals surface area contributed by atoms with Gasteiger partial charge >= 0.3 is 0 Å². The molecule has 0 spiro atoms. The summed E-state index contributed by atoms with van der Waals surface area (Å²) < 4.78 is 4.75. The van der Waals surface area contributed by atoms with Gasteiger partial charge in [0.15, 0.2) is 6.29 Å². The van der Waals surface area contributed by atoms with Gasteiger partial charge in [0.1, 0.15) is 11.7 Å². The minimum atomic E-state index is -1.22. The van der Waals surface area contributed by atoms with E-state index in [9.17, 15) is 10.2 Å². The van der Waals surface area contributed by atoms with Gasteiger partial charge in [-0.1, -0.05) is 0 Å². The monoisotopic (exact) mass is 177 g/mol. The molecule has 0 amide bonds. The Morgan fingerprint density at radius 1 is 1.50 bits per heavy atom. The van der Waals surface area contributed by atoms with Crippen molar-refractivity contribution in [3.05, 3.63) is 0 Å². The maximum Gasteiger partial charge on any atom is 0.182 e. The predicted molar refractivity (Wildman–Crippen MR) is 41.4 cm³/mol. The quantitative estimate of drug-likeness (QED) is 0.374. The van der Waals surface area contributed by atoms with Crippen LogP contribution in [-0.4, -0.2) is 53.0 Å². The summed E-state index contributed by atoms with van der Waals surface area (Å²) in [7, 11) is 1.61. The SMILES string of the molecule is CN[C@@H]1[C@@H](O)[C@@H](O)OC[C@]1(C)O. The number of hydrogen-bond donors (Lipinski definition) is 4. The van der Waals surface area contributed by atoms with Crippen LogP contribution >= 0.6 is 0 Å². The Morgan fingerprint density at radius 3 is 2.50 bits per heavy atom. The number of ether oxygens (including phenoxy) is 1. The summed E-state index contributed by atoms with van der Waals surface area (Å²) in [5, 5.41) is 30.9. The zero-order valence-electron chi connectivity index (χ0n) is 7.19. The maximum atomic E-state index is 9.66. The number of likely N-dealkylation sites (N-methyl/N-ethyl adjacent to an activating group) is 1. The van der Waals surface area contributed by atoms with E-state index < -0.39 is 24.0 Å². The molecule has 1 fully saturated rings. The molecule has 12 heavy (non-hydrogen) atoms. The topological polar surface area (TPSA) is 82.0 Å². The van der Waals surface area contributed by atoms with Gasteiger partial charge in [0.05, 0.1) is 12.6 Å². The van der Waals surface area contributed by atoms with Crippen molar-refractivity contribution in [2.24, 2.45) is 0 Å². The van der Waals surface area contributed by atoms with Gasteiger partial charge in [0.25, 0.3) is 0 Å². The summed E-state index contributed by atoms with van der Waals surface area (Å²) in [5.41, 5.74) is -1.15. The summed E-state index contributed by atoms with van der Waals surface area (Å²) >= 11 is 0. The van der Waals surface area contributed by atoms with Crippen LogP contribution in [0.3, 0.4) is 0 Å². The van der Waals surface area contributed by atoms with Crippen molar-refractivity contribution in [1.29, 1.82) is 0 Å². The summed E-state index contributed by atoms with van der Waals surface area (Å²) in [6, 6.07) is -0.568. The molecule has 0 aromatic carbocycles. The second-order valence-electron chi connectivity index (χ2n) is 3.32. The number of rotatable bonds is 1. The molecule has 0 unspecified atom stereocenters. The molecule has 0 saturated carbocycles. The third-order valence-electron chi connectivity index (χ3n) is 2.16. The highest BCUT2D eigenvalue weighted by Crippen LogP contribution is 2.22. The lowest BCUT2D eigenvalue weighted by molar-refractivity contribution is -0.248. The molecule has 0 aromatic heterocycles. The first-order chi connectivity index (χ1) is 5.49. The fraction of sp³-hybridized carbons (Fsp3) is 1.00. The van der Waals surface area contributed by atoms with Crippen LogP contribution in [0.15, 0.2) is 0 Å². The molecular formula is C7H15NO4. The predicted octanol–water partition coefficient (Wildman–Crippen LogP) is -1.97. The smallest absolute Gasteiger partial charge is 0.182 e. The van der Waals surface area contributed by atoms with Crippen molar-refractivity contribution < 1.29 is 20.1 Å². The van der Waals surface area contributed by atoms with Gasteiger partial charge in [-0.15, -0.1) is 0 Å². The van der Waals surface area contributed by atoms with E-state index in [1.165, 1.54) is 0 Å². The van der Waals surface area contributed by atoms with Gasteiger partial charge in [0.2, 0.25) is 0 Å². The third kappa shape index (κ3) is 1.60. The van der Waals surface area contributed by atoms with Gasteiger partial charge in [-0.05, 0) is 14.0 Å². The van der Waals surface area contributed by atoms with Crippen molar-refractivity contribution in [1.82, 2.24) is 5.32 Å². The van der Waals surface area contributed by atoms with E-state index in [1.54, 1.807) is 14.0 Å². The molecule has 4 N–H and O–H groups in total. The molecule has 4 atom stereocenters. The van der Waals surface area contributed by atoms with E-state index in [-0.39, 0.29) is 6.61 Å². The number of nitrogens with one attached hydrogen (secondary N) is 1. The van der Waals surface area contributed by atoms with Crippen LogP contribution in [0.5, 0.6) is 0 Å². The molecule has 0 aliphatic carbocycles. The molecule has 1 heterocycles. The second kappa shape index (κ2) is 3.27. The zero-order chi connectivity index (χ0) is 9.35. The van der Waals surface area contributed by atoms with Gasteiger partial charge in [-0.3, -0.25) is 0 Å². The van der Waals surface area contributed by atoms with Gasteiger partial charge in [0, 0.05) is 0 Å². The zero-order valence-corrected chi connectivity index (χ0v) is 7.19. The molecule has 0 bridgehead atoms. The molecule has 72 valence electrons. The summed E-state index contributed by atoms with van der Waals surface area (Å²) in [4.78, 5) is 0. The first-order valence-electron chi connectivity index (χ1n) is 3.86. The number of aliphatic hydroxyl groups excluding tert-OH is 2. The van der Waals surface area contributed by atoms with Gasteiger partial charge in [-0.2, -0.15) is 0 Å². The average Bonchev–Trinajstić information content (AvgIpc) is 1.99. The van der Waals surface area contributed by atoms with E-state index >= 15 is 0 Å². The maximum absolute atomic E-state index is 9.66. The molecular weight excluding hydrogens is 162 g/mol. The Kier molecular flexibility index (Phi) is 2.70. The van der Waals surface area contributed by atoms with Crippen molar-refractivity contribution in [3.63, 3.8) is 0 Å². The van der Waals surface area contributed by atoms with Crippen LogP contribution in [-0.2, 0) is 4.74 Å². The highest BCUT2D eigenvalue weighted by molar-refractivity contribution is 4.96. The minimum Gasteiger partial charge on any atom is -0.386 e. The van der Waals surface area contributed by atoms with Crippen LogP contribution in [0.25, 0.3) is 0 Å². The summed E-state index contributed by atoms with van der Waals surface area (Å²) in [6.45, 7) is 1.56. The highest BCUT2D eigenvalue weighted by atomic mass is 16.6.